The number of halogens is 3. The fourth-order valence-corrected chi connectivity index (χ4v) is 4.70. The molecule has 0 nitrogen and oxygen atoms in total. The van der Waals surface area contributed by atoms with Gasteiger partial charge in [-0.2, -0.15) is 0 Å². The van der Waals surface area contributed by atoms with E-state index in [4.69, 9.17) is 33.2 Å². The second kappa shape index (κ2) is 5.77. The summed E-state index contributed by atoms with van der Waals surface area (Å²) in [6, 6.07) is 6.71. The van der Waals surface area contributed by atoms with Crippen molar-refractivity contribution in [2.24, 2.45) is 0 Å². The molecular weight excluding hydrogens is 279 g/mol. The Kier molecular flexibility index (Phi) is 5.18. The Morgan fingerprint density at radius 2 is 1.62 bits per heavy atom. The molecule has 0 bridgehead atoms. The molecule has 0 aliphatic rings. The molecule has 0 N–H and O–H groups in total. The first-order valence-electron chi connectivity index (χ1n) is 5.46. The molecule has 1 unspecified atom stereocenters. The van der Waals surface area contributed by atoms with Gasteiger partial charge in [0.05, 0.1) is 0 Å². The largest absolute Gasteiger partial charge is 0.342 e. The molecule has 1 rings (SSSR count). The van der Waals surface area contributed by atoms with Crippen LogP contribution in [0.1, 0.15) is 43.7 Å². The molecule has 1 atom stereocenters. The van der Waals surface area contributed by atoms with E-state index >= 15 is 0 Å². The van der Waals surface area contributed by atoms with Gasteiger partial charge in [0.25, 0.3) is 0 Å². The second-order valence-electron chi connectivity index (χ2n) is 4.55. The van der Waals surface area contributed by atoms with Gasteiger partial charge in [-0.15, -0.1) is 33.2 Å². The third kappa shape index (κ3) is 4.66. The van der Waals surface area contributed by atoms with Crippen LogP contribution in [0.4, 0.5) is 0 Å². The molecule has 0 spiro atoms. The third-order valence-electron chi connectivity index (χ3n) is 2.68. The molecule has 0 aliphatic carbocycles. The Morgan fingerprint density at radius 3 is 2.12 bits per heavy atom. The van der Waals surface area contributed by atoms with E-state index in [-0.39, 0.29) is 0 Å². The van der Waals surface area contributed by atoms with Crippen molar-refractivity contribution < 1.29 is 0 Å². The standard InChI is InChI=1S/C12H17Cl3Si/c1-9(2)11-5-4-6-12(7-11)10(3)8-16(13,14)15/h4-7,9-10H,8H2,1-3H3. The van der Waals surface area contributed by atoms with Gasteiger partial charge in [0, 0.05) is 0 Å². The highest BCUT2D eigenvalue weighted by Crippen LogP contribution is 2.34. The third-order valence-corrected chi connectivity index (χ3v) is 5.15. The van der Waals surface area contributed by atoms with Crippen LogP contribution in [0.2, 0.25) is 6.04 Å². The van der Waals surface area contributed by atoms with Crippen LogP contribution in [0, 0.1) is 0 Å². The summed E-state index contributed by atoms with van der Waals surface area (Å²) >= 11 is 17.9. The Hall–Kier alpha value is 0.307. The minimum absolute atomic E-state index is 0.317. The summed E-state index contributed by atoms with van der Waals surface area (Å²) in [6.45, 7) is 6.50. The lowest BCUT2D eigenvalue weighted by Crippen LogP contribution is -2.13. The highest BCUT2D eigenvalue weighted by molar-refractivity contribution is 7.64. The monoisotopic (exact) mass is 294 g/mol. The number of benzene rings is 1. The first kappa shape index (κ1) is 14.4. The van der Waals surface area contributed by atoms with Crippen LogP contribution < -0.4 is 0 Å². The van der Waals surface area contributed by atoms with Gasteiger partial charge in [-0.3, -0.25) is 0 Å². The van der Waals surface area contributed by atoms with Gasteiger partial charge in [0.1, 0.15) is 0 Å². The fraction of sp³-hybridized carbons (Fsp3) is 0.500. The van der Waals surface area contributed by atoms with Gasteiger partial charge in [-0.25, -0.2) is 0 Å². The van der Waals surface area contributed by atoms with Crippen molar-refractivity contribution in [2.75, 3.05) is 0 Å². The second-order valence-corrected chi connectivity index (χ2v) is 13.7. The van der Waals surface area contributed by atoms with Crippen molar-refractivity contribution in [3.8, 4) is 0 Å². The molecule has 90 valence electrons. The van der Waals surface area contributed by atoms with Crippen LogP contribution in [-0.4, -0.2) is 6.00 Å². The van der Waals surface area contributed by atoms with Crippen molar-refractivity contribution in [3.63, 3.8) is 0 Å². The van der Waals surface area contributed by atoms with Crippen molar-refractivity contribution in [2.45, 2.75) is 38.7 Å². The van der Waals surface area contributed by atoms with E-state index in [0.29, 0.717) is 17.9 Å². The summed E-state index contributed by atoms with van der Waals surface area (Å²) < 4.78 is 0. The van der Waals surface area contributed by atoms with E-state index in [9.17, 15) is 0 Å². The Bertz CT molecular complexity index is 344. The minimum Gasteiger partial charge on any atom is -0.126 e. The lowest BCUT2D eigenvalue weighted by molar-refractivity contribution is 0.830. The van der Waals surface area contributed by atoms with Crippen molar-refractivity contribution in [1.29, 1.82) is 0 Å². The van der Waals surface area contributed by atoms with Crippen LogP contribution in [0.15, 0.2) is 24.3 Å². The van der Waals surface area contributed by atoms with Crippen molar-refractivity contribution in [1.82, 2.24) is 0 Å². The Balaban J connectivity index is 2.83. The average molecular weight is 296 g/mol. The van der Waals surface area contributed by atoms with E-state index in [1.807, 2.05) is 0 Å². The molecule has 0 saturated carbocycles. The maximum Gasteiger partial charge on any atom is 0.342 e. The zero-order chi connectivity index (χ0) is 12.3. The van der Waals surface area contributed by atoms with Crippen molar-refractivity contribution in [3.05, 3.63) is 35.4 Å². The summed E-state index contributed by atoms with van der Waals surface area (Å²) in [7, 11) is 0. The fourth-order valence-electron chi connectivity index (χ4n) is 1.69. The molecule has 1 aromatic rings. The molecule has 0 aromatic heterocycles. The molecule has 0 radical (unpaired) electrons. The lowest BCUT2D eigenvalue weighted by Gasteiger charge is -2.17. The van der Waals surface area contributed by atoms with Gasteiger partial charge in [0.2, 0.25) is 0 Å². The first-order valence-corrected chi connectivity index (χ1v) is 10.7. The molecule has 0 fully saturated rings. The molecule has 0 saturated heterocycles. The molecular formula is C12H17Cl3Si. The normalized spacial score (nSPS) is 14.2. The smallest absolute Gasteiger partial charge is 0.126 e. The predicted molar refractivity (Wildman–Crippen MR) is 77.1 cm³/mol. The van der Waals surface area contributed by atoms with E-state index in [0.717, 1.165) is 0 Å². The number of rotatable bonds is 4. The Labute approximate surface area is 113 Å². The predicted octanol–water partition coefficient (Wildman–Crippen LogP) is 5.57. The van der Waals surface area contributed by atoms with Gasteiger partial charge in [-0.1, -0.05) is 45.0 Å². The van der Waals surface area contributed by atoms with Crippen LogP contribution in [0.5, 0.6) is 0 Å². The molecule has 0 amide bonds. The summed E-state index contributed by atoms with van der Waals surface area (Å²) in [4.78, 5) is 0. The van der Waals surface area contributed by atoms with Gasteiger partial charge >= 0.3 is 6.00 Å². The summed E-state index contributed by atoms with van der Waals surface area (Å²) in [5.41, 5.74) is 2.61. The molecule has 16 heavy (non-hydrogen) atoms. The van der Waals surface area contributed by atoms with E-state index < -0.39 is 6.00 Å². The molecule has 4 heteroatoms. The highest BCUT2D eigenvalue weighted by atomic mass is 35.8. The maximum atomic E-state index is 5.95. The van der Waals surface area contributed by atoms with Crippen LogP contribution in [0.3, 0.4) is 0 Å². The maximum absolute atomic E-state index is 5.95. The zero-order valence-electron chi connectivity index (χ0n) is 9.81. The topological polar surface area (TPSA) is 0 Å². The summed E-state index contributed by atoms with van der Waals surface area (Å²) in [5, 5.41) is 0. The molecule has 0 heterocycles. The Morgan fingerprint density at radius 1 is 1.06 bits per heavy atom. The highest BCUT2D eigenvalue weighted by Gasteiger charge is 2.28. The lowest BCUT2D eigenvalue weighted by atomic mass is 9.96. The first-order chi connectivity index (χ1) is 7.29. The van der Waals surface area contributed by atoms with Gasteiger partial charge in [0.15, 0.2) is 0 Å². The van der Waals surface area contributed by atoms with Crippen LogP contribution in [-0.2, 0) is 0 Å². The van der Waals surface area contributed by atoms with E-state index in [1.165, 1.54) is 11.1 Å². The van der Waals surface area contributed by atoms with Crippen LogP contribution >= 0.6 is 33.2 Å². The summed E-state index contributed by atoms with van der Waals surface area (Å²) in [5.74, 6) is 0.857. The van der Waals surface area contributed by atoms with E-state index in [2.05, 4.69) is 45.0 Å². The van der Waals surface area contributed by atoms with E-state index in [1.54, 1.807) is 0 Å². The minimum atomic E-state index is -2.53. The quantitative estimate of drug-likeness (QED) is 0.503. The number of hydrogen-bond acceptors (Lipinski definition) is 0. The zero-order valence-corrected chi connectivity index (χ0v) is 13.1. The average Bonchev–Trinajstić information content (AvgIpc) is 2.15. The van der Waals surface area contributed by atoms with Gasteiger partial charge in [-0.05, 0) is 29.0 Å². The SMILES string of the molecule is CC(C)c1cccc(C(C)C[Si](Cl)(Cl)Cl)c1. The van der Waals surface area contributed by atoms with Gasteiger partial charge < -0.3 is 0 Å². The van der Waals surface area contributed by atoms with Crippen LogP contribution in [0.25, 0.3) is 0 Å². The number of hydrogen-bond donors (Lipinski definition) is 0. The molecule has 1 aromatic carbocycles. The van der Waals surface area contributed by atoms with Crippen molar-refractivity contribution >= 4 is 39.2 Å². The summed E-state index contributed by atoms with van der Waals surface area (Å²) in [6.07, 6.45) is 0. The molecule has 0 aliphatic heterocycles.